The summed E-state index contributed by atoms with van der Waals surface area (Å²) in [6.45, 7) is 0. The lowest BCUT2D eigenvalue weighted by molar-refractivity contribution is 0.600. The van der Waals surface area contributed by atoms with E-state index in [1.165, 1.54) is 0 Å². The first-order valence-electron chi connectivity index (χ1n) is 6.22. The van der Waals surface area contributed by atoms with Crippen LogP contribution in [0.25, 0.3) is 0 Å². The fraction of sp³-hybridized carbons (Fsp3) is 0.357. The van der Waals surface area contributed by atoms with E-state index in [-0.39, 0.29) is 0 Å². The number of aromatic nitrogens is 2. The highest BCUT2D eigenvalue weighted by Crippen LogP contribution is 2.27. The van der Waals surface area contributed by atoms with Crippen LogP contribution in [0.4, 0.5) is 0 Å². The van der Waals surface area contributed by atoms with Gasteiger partial charge in [0.05, 0.1) is 10.7 Å². The first-order chi connectivity index (χ1) is 9.19. The van der Waals surface area contributed by atoms with Gasteiger partial charge < -0.3 is 5.32 Å². The zero-order chi connectivity index (χ0) is 13.7. The average molecular weight is 296 g/mol. The summed E-state index contributed by atoms with van der Waals surface area (Å²) in [5, 5.41) is 8.57. The molecule has 0 aliphatic heterocycles. The molecule has 0 fully saturated rings. The molecule has 0 bridgehead atoms. The molecular weight excluding hydrogens is 278 g/mol. The first kappa shape index (κ1) is 14.4. The molecule has 0 radical (unpaired) electrons. The van der Waals surface area contributed by atoms with Crippen LogP contribution in [-0.2, 0) is 13.5 Å². The second-order valence-corrected chi connectivity index (χ2v) is 5.88. The third kappa shape index (κ3) is 4.27. The Labute approximate surface area is 123 Å². The van der Waals surface area contributed by atoms with Crippen LogP contribution in [0.2, 0.25) is 5.02 Å². The molecule has 19 heavy (non-hydrogen) atoms. The molecule has 1 aromatic carbocycles. The minimum atomic E-state index is 0.385. The van der Waals surface area contributed by atoms with E-state index in [2.05, 4.69) is 22.5 Å². The molecule has 0 spiro atoms. The molecule has 0 aliphatic rings. The van der Waals surface area contributed by atoms with Crippen molar-refractivity contribution >= 4 is 23.4 Å². The minimum absolute atomic E-state index is 0.385. The Balaban J connectivity index is 1.91. The predicted octanol–water partition coefficient (Wildman–Crippen LogP) is 3.00. The summed E-state index contributed by atoms with van der Waals surface area (Å²) in [4.78, 5) is 1.13. The average Bonchev–Trinajstić information content (AvgIpc) is 2.81. The standard InChI is InChI=1S/C14H18ClN3S/c1-16-12(9-11-7-8-18(2)17-11)10-19-14-6-4-3-5-13(14)15/h3-8,12,16H,9-10H2,1-2H3. The zero-order valence-corrected chi connectivity index (χ0v) is 12.7. The quantitative estimate of drug-likeness (QED) is 0.831. The van der Waals surface area contributed by atoms with E-state index in [9.17, 15) is 0 Å². The maximum atomic E-state index is 6.16. The predicted molar refractivity (Wildman–Crippen MR) is 81.9 cm³/mol. The topological polar surface area (TPSA) is 29.9 Å². The monoisotopic (exact) mass is 295 g/mol. The Bertz CT molecular complexity index is 527. The van der Waals surface area contributed by atoms with Crippen LogP contribution in [0, 0.1) is 0 Å². The summed E-state index contributed by atoms with van der Waals surface area (Å²) in [6.07, 6.45) is 2.90. The maximum absolute atomic E-state index is 6.16. The number of aryl methyl sites for hydroxylation is 1. The Morgan fingerprint density at radius 3 is 2.79 bits per heavy atom. The van der Waals surface area contributed by atoms with Gasteiger partial charge in [-0.1, -0.05) is 23.7 Å². The van der Waals surface area contributed by atoms with Crippen LogP contribution in [0.5, 0.6) is 0 Å². The van der Waals surface area contributed by atoms with Crippen molar-refractivity contribution in [3.8, 4) is 0 Å². The summed E-state index contributed by atoms with van der Waals surface area (Å²) in [5.41, 5.74) is 1.11. The molecule has 0 saturated heterocycles. The van der Waals surface area contributed by atoms with Crippen molar-refractivity contribution in [3.63, 3.8) is 0 Å². The van der Waals surface area contributed by atoms with E-state index in [1.54, 1.807) is 11.8 Å². The number of thioether (sulfide) groups is 1. The molecule has 0 aliphatic carbocycles. The second-order valence-electron chi connectivity index (χ2n) is 4.41. The van der Waals surface area contributed by atoms with E-state index >= 15 is 0 Å². The Morgan fingerprint density at radius 1 is 1.37 bits per heavy atom. The lowest BCUT2D eigenvalue weighted by Gasteiger charge is -2.14. The third-order valence-electron chi connectivity index (χ3n) is 2.91. The number of hydrogen-bond donors (Lipinski definition) is 1. The molecule has 2 rings (SSSR count). The molecule has 1 N–H and O–H groups in total. The van der Waals surface area contributed by atoms with Crippen molar-refractivity contribution in [2.24, 2.45) is 7.05 Å². The van der Waals surface area contributed by atoms with E-state index in [1.807, 2.05) is 43.2 Å². The van der Waals surface area contributed by atoms with Crippen LogP contribution in [0.3, 0.4) is 0 Å². The maximum Gasteiger partial charge on any atom is 0.0640 e. The van der Waals surface area contributed by atoms with Gasteiger partial charge in [-0.3, -0.25) is 4.68 Å². The van der Waals surface area contributed by atoms with Crippen LogP contribution < -0.4 is 5.32 Å². The fourth-order valence-electron chi connectivity index (χ4n) is 1.82. The Morgan fingerprint density at radius 2 is 2.16 bits per heavy atom. The van der Waals surface area contributed by atoms with E-state index in [0.717, 1.165) is 27.8 Å². The van der Waals surface area contributed by atoms with E-state index in [4.69, 9.17) is 11.6 Å². The third-order valence-corrected chi connectivity index (χ3v) is 4.59. The minimum Gasteiger partial charge on any atom is -0.316 e. The smallest absolute Gasteiger partial charge is 0.0640 e. The summed E-state index contributed by atoms with van der Waals surface area (Å²) < 4.78 is 1.84. The number of hydrogen-bond acceptors (Lipinski definition) is 3. The Kier molecular flexibility index (Phi) is 5.31. The summed E-state index contributed by atoms with van der Waals surface area (Å²) >= 11 is 7.93. The lowest BCUT2D eigenvalue weighted by atomic mass is 10.2. The highest BCUT2D eigenvalue weighted by atomic mass is 35.5. The largest absolute Gasteiger partial charge is 0.316 e. The van der Waals surface area contributed by atoms with E-state index < -0.39 is 0 Å². The van der Waals surface area contributed by atoms with Crippen molar-refractivity contribution in [1.29, 1.82) is 0 Å². The van der Waals surface area contributed by atoms with Gasteiger partial charge in [-0.15, -0.1) is 11.8 Å². The number of nitrogens with zero attached hydrogens (tertiary/aromatic N) is 2. The second kappa shape index (κ2) is 6.98. The molecule has 102 valence electrons. The van der Waals surface area contributed by atoms with Crippen molar-refractivity contribution in [3.05, 3.63) is 47.2 Å². The molecule has 1 heterocycles. The highest BCUT2D eigenvalue weighted by Gasteiger charge is 2.10. The molecule has 5 heteroatoms. The van der Waals surface area contributed by atoms with Gasteiger partial charge in [-0.25, -0.2) is 0 Å². The molecule has 0 saturated carbocycles. The Hall–Kier alpha value is -0.970. The van der Waals surface area contributed by atoms with Gasteiger partial charge >= 0.3 is 0 Å². The van der Waals surface area contributed by atoms with Crippen LogP contribution in [-0.4, -0.2) is 28.6 Å². The van der Waals surface area contributed by atoms with E-state index in [0.29, 0.717) is 6.04 Å². The molecule has 3 nitrogen and oxygen atoms in total. The number of likely N-dealkylation sites (N-methyl/N-ethyl adjacent to an activating group) is 1. The molecular formula is C14H18ClN3S. The summed E-state index contributed by atoms with van der Waals surface area (Å²) in [7, 11) is 3.93. The SMILES string of the molecule is CNC(CSc1ccccc1Cl)Cc1ccn(C)n1. The summed E-state index contributed by atoms with van der Waals surface area (Å²) in [5.74, 6) is 0.969. The van der Waals surface area contributed by atoms with Crippen molar-refractivity contribution < 1.29 is 0 Å². The normalized spacial score (nSPS) is 12.6. The van der Waals surface area contributed by atoms with Crippen molar-refractivity contribution in [2.75, 3.05) is 12.8 Å². The van der Waals surface area contributed by atoms with Gasteiger partial charge in [0.25, 0.3) is 0 Å². The number of benzene rings is 1. The van der Waals surface area contributed by atoms with Gasteiger partial charge in [0.1, 0.15) is 0 Å². The van der Waals surface area contributed by atoms with Crippen LogP contribution in [0.1, 0.15) is 5.69 Å². The summed E-state index contributed by atoms with van der Waals surface area (Å²) in [6, 6.07) is 10.4. The molecule has 1 aromatic heterocycles. The first-order valence-corrected chi connectivity index (χ1v) is 7.58. The van der Waals surface area contributed by atoms with Crippen LogP contribution >= 0.6 is 23.4 Å². The van der Waals surface area contributed by atoms with Gasteiger partial charge in [-0.2, -0.15) is 5.10 Å². The molecule has 1 atom stereocenters. The number of halogens is 1. The van der Waals surface area contributed by atoms with Gasteiger partial charge in [0, 0.05) is 36.4 Å². The lowest BCUT2D eigenvalue weighted by Crippen LogP contribution is -2.30. The van der Waals surface area contributed by atoms with Gasteiger partial charge in [0.15, 0.2) is 0 Å². The highest BCUT2D eigenvalue weighted by molar-refractivity contribution is 7.99. The fourth-order valence-corrected chi connectivity index (χ4v) is 3.17. The van der Waals surface area contributed by atoms with Gasteiger partial charge in [0.2, 0.25) is 0 Å². The molecule has 2 aromatic rings. The van der Waals surface area contributed by atoms with Crippen molar-refractivity contribution in [2.45, 2.75) is 17.4 Å². The van der Waals surface area contributed by atoms with Crippen molar-refractivity contribution in [1.82, 2.24) is 15.1 Å². The molecule has 0 amide bonds. The number of nitrogens with one attached hydrogen (secondary N) is 1. The zero-order valence-electron chi connectivity index (χ0n) is 11.1. The van der Waals surface area contributed by atoms with Crippen LogP contribution in [0.15, 0.2) is 41.4 Å². The molecule has 1 unspecified atom stereocenters. The van der Waals surface area contributed by atoms with Gasteiger partial charge in [-0.05, 0) is 25.2 Å². The number of rotatable bonds is 6.